The van der Waals surface area contributed by atoms with E-state index < -0.39 is 15.6 Å². The number of benzene rings is 3. The highest BCUT2D eigenvalue weighted by Gasteiger charge is 2.59. The van der Waals surface area contributed by atoms with Gasteiger partial charge in [0.15, 0.2) is 0 Å². The molecule has 0 amide bonds. The van der Waals surface area contributed by atoms with E-state index in [1.807, 2.05) is 66.7 Å². The molecule has 0 radical (unpaired) electrons. The molecule has 0 aromatic heterocycles. The molecule has 0 aliphatic heterocycles. The minimum absolute atomic E-state index is 0.0128. The Balaban J connectivity index is 1.40. The largest absolute Gasteiger partial charge is 0.518 e. The van der Waals surface area contributed by atoms with Crippen LogP contribution in [-0.4, -0.2) is 20.3 Å². The minimum Gasteiger partial charge on any atom is -0.518 e. The van der Waals surface area contributed by atoms with Crippen molar-refractivity contribution in [3.63, 3.8) is 0 Å². The number of hydrogen-bond donors (Lipinski definition) is 1. The highest BCUT2D eigenvalue weighted by atomic mass is 31.2. The van der Waals surface area contributed by atoms with Crippen LogP contribution in [-0.2, 0) is 13.8 Å². The lowest BCUT2D eigenvalue weighted by Gasteiger charge is -2.41. The number of hydrogen-bond acceptors (Lipinski definition) is 3. The molecule has 0 unspecified atom stereocenters. The molecule has 246 valence electrons. The molecule has 0 saturated heterocycles. The molecular weight excluding hydrogens is 602 g/mol. The first-order chi connectivity index (χ1) is 21.9. The zero-order valence-electron chi connectivity index (χ0n) is 28.7. The van der Waals surface area contributed by atoms with Gasteiger partial charge in [0.25, 0.3) is 14.3 Å². The number of carbonyl (C=O) groups is 1. The monoisotopic (exact) mass is 655 g/mol. The quantitative estimate of drug-likeness (QED) is 0.123. The van der Waals surface area contributed by atoms with E-state index in [9.17, 15) is 4.79 Å². The average molecular weight is 656 g/mol. The molecule has 3 aromatic rings. The predicted octanol–water partition coefficient (Wildman–Crippen LogP) is 9.89. The van der Waals surface area contributed by atoms with E-state index in [-0.39, 0.29) is 17.4 Å². The van der Waals surface area contributed by atoms with Crippen molar-refractivity contribution in [1.82, 2.24) is 5.09 Å². The Hall–Kier alpha value is -2.72. The van der Waals surface area contributed by atoms with Gasteiger partial charge in [0.05, 0.1) is 0 Å². The third-order valence-electron chi connectivity index (χ3n) is 11.0. The van der Waals surface area contributed by atoms with E-state index >= 15 is 4.57 Å². The molecule has 1 N–H and O–H groups in total. The topological polar surface area (TPSA) is 55.4 Å². The van der Waals surface area contributed by atoms with Crippen molar-refractivity contribution in [1.29, 1.82) is 0 Å². The summed E-state index contributed by atoms with van der Waals surface area (Å²) in [6, 6.07) is 30.4. The van der Waals surface area contributed by atoms with Gasteiger partial charge in [0.1, 0.15) is 0 Å². The maximum Gasteiger partial charge on any atom is 0.292 e. The first-order valence-corrected chi connectivity index (χ1v) is 21.2. The second-order valence-corrected chi connectivity index (χ2v) is 22.8. The van der Waals surface area contributed by atoms with Crippen LogP contribution < -0.4 is 15.7 Å². The summed E-state index contributed by atoms with van der Waals surface area (Å²) in [4.78, 5) is 13.4. The van der Waals surface area contributed by atoms with E-state index in [0.717, 1.165) is 48.3 Å². The van der Waals surface area contributed by atoms with Crippen molar-refractivity contribution in [2.75, 3.05) is 0 Å². The summed E-state index contributed by atoms with van der Waals surface area (Å²) in [5.41, 5.74) is 3.41. The van der Waals surface area contributed by atoms with Crippen LogP contribution in [0.1, 0.15) is 85.6 Å². The Kier molecular flexibility index (Phi) is 10.7. The molecule has 2 aliphatic rings. The van der Waals surface area contributed by atoms with Gasteiger partial charge in [-0.2, -0.15) is 0 Å². The summed E-state index contributed by atoms with van der Waals surface area (Å²) in [6.45, 7) is 17.9. The van der Waals surface area contributed by atoms with Gasteiger partial charge in [-0.25, -0.2) is 0 Å². The second kappa shape index (κ2) is 14.2. The second-order valence-electron chi connectivity index (χ2n) is 14.9. The van der Waals surface area contributed by atoms with Gasteiger partial charge in [0.2, 0.25) is 7.29 Å². The highest BCUT2D eigenvalue weighted by molar-refractivity contribution is 7.76. The normalized spacial score (nSPS) is 19.7. The van der Waals surface area contributed by atoms with Gasteiger partial charge in [-0.3, -0.25) is 14.4 Å². The fourth-order valence-electron chi connectivity index (χ4n) is 8.33. The molecule has 0 bridgehead atoms. The lowest BCUT2D eigenvalue weighted by molar-refractivity contribution is -0.136. The predicted molar refractivity (Wildman–Crippen MR) is 196 cm³/mol. The van der Waals surface area contributed by atoms with Gasteiger partial charge in [0, 0.05) is 23.1 Å². The molecule has 2 aliphatic carbocycles. The van der Waals surface area contributed by atoms with Gasteiger partial charge in [-0.1, -0.05) is 115 Å². The van der Waals surface area contributed by atoms with E-state index in [1.54, 1.807) is 0 Å². The van der Waals surface area contributed by atoms with E-state index in [0.29, 0.717) is 34.9 Å². The smallest absolute Gasteiger partial charge is 0.292 e. The van der Waals surface area contributed by atoms with E-state index in [2.05, 4.69) is 77.5 Å². The van der Waals surface area contributed by atoms with E-state index in [4.69, 9.17) is 4.43 Å². The minimum atomic E-state index is -3.16. The van der Waals surface area contributed by atoms with Gasteiger partial charge in [-0.15, -0.1) is 0 Å². The molecule has 3 aromatic carbocycles. The van der Waals surface area contributed by atoms with Crippen LogP contribution in [0.3, 0.4) is 0 Å². The zero-order valence-corrected chi connectivity index (χ0v) is 30.6. The fourth-order valence-corrected chi connectivity index (χ4v) is 16.2. The maximum absolute atomic E-state index is 15.3. The van der Waals surface area contributed by atoms with Crippen molar-refractivity contribution >= 4 is 37.8 Å². The third kappa shape index (κ3) is 7.22. The molecule has 6 heteroatoms. The standard InChI is InChI=1S/C40H54NO3PSi/c1-29(2)46(30(3)4,31(5)6)44-38(42)24-23-34-27-37(34)39(40(25-26-40)28-32(7)33-17-11-8-12-18-33)41-45(43,35-19-13-9-14-20-35)36-21-15-10-16-22-36/h8-22,29-31,34,37,39H,7,23-28H2,1-6H3,(H,41,43)/t34-,37-,39-/m0/s1. The molecule has 2 fully saturated rings. The lowest BCUT2D eigenvalue weighted by Crippen LogP contribution is -2.49. The van der Waals surface area contributed by atoms with Crippen LogP contribution in [0.25, 0.3) is 5.57 Å². The van der Waals surface area contributed by atoms with E-state index in [1.165, 1.54) is 5.56 Å². The average Bonchev–Trinajstić information content (AvgIpc) is 3.99. The first kappa shape index (κ1) is 34.6. The van der Waals surface area contributed by atoms with Crippen LogP contribution in [0.2, 0.25) is 16.6 Å². The van der Waals surface area contributed by atoms with Crippen molar-refractivity contribution < 1.29 is 13.8 Å². The number of carbonyl (C=O) groups excluding carboxylic acids is 1. The summed E-state index contributed by atoms with van der Waals surface area (Å²) in [5, 5.41) is 5.56. The van der Waals surface area contributed by atoms with Gasteiger partial charge < -0.3 is 4.43 Å². The van der Waals surface area contributed by atoms with Gasteiger partial charge >= 0.3 is 0 Å². The molecule has 46 heavy (non-hydrogen) atoms. The Bertz CT molecular complexity index is 1450. The van der Waals surface area contributed by atoms with Crippen molar-refractivity contribution in [3.8, 4) is 0 Å². The molecule has 5 rings (SSSR count). The molecule has 0 heterocycles. The maximum atomic E-state index is 15.3. The summed E-state index contributed by atoms with van der Waals surface area (Å²) in [7, 11) is -5.42. The zero-order chi connectivity index (χ0) is 33.1. The summed E-state index contributed by atoms with van der Waals surface area (Å²) in [6.07, 6.45) is 5.34. The van der Waals surface area contributed by atoms with Crippen molar-refractivity contribution in [2.45, 2.75) is 103 Å². The number of allylic oxidation sites excluding steroid dienone is 1. The van der Waals surface area contributed by atoms with Gasteiger partial charge in [-0.05, 0) is 101 Å². The Labute approximate surface area is 279 Å². The molecule has 4 nitrogen and oxygen atoms in total. The molecule has 2 saturated carbocycles. The van der Waals surface area contributed by atoms with Crippen LogP contribution in [0.15, 0.2) is 97.6 Å². The SMILES string of the molecule is C=C(CC1([C@@H](NP(=O)(c2ccccc2)c2ccccc2)[C@H]2C[C@@H]2CCC(=O)O[Si](C(C)C)(C(C)C)C(C)C)CC1)c1ccccc1. The van der Waals surface area contributed by atoms with Crippen LogP contribution in [0, 0.1) is 17.3 Å². The number of rotatable bonds is 16. The first-order valence-electron chi connectivity index (χ1n) is 17.4. The Morgan fingerprint density at radius 1 is 0.848 bits per heavy atom. The van der Waals surface area contributed by atoms with Crippen molar-refractivity contribution in [3.05, 3.63) is 103 Å². The fraction of sp³-hybridized carbons (Fsp3) is 0.475. The Morgan fingerprint density at radius 3 is 1.78 bits per heavy atom. The summed E-state index contributed by atoms with van der Waals surface area (Å²) in [5.74, 6) is 0.721. The van der Waals surface area contributed by atoms with Crippen LogP contribution >= 0.6 is 7.29 Å². The van der Waals surface area contributed by atoms with Crippen LogP contribution in [0.5, 0.6) is 0 Å². The Morgan fingerprint density at radius 2 is 1.33 bits per heavy atom. The molecule has 3 atom stereocenters. The highest BCUT2D eigenvalue weighted by Crippen LogP contribution is 2.63. The summed E-state index contributed by atoms with van der Waals surface area (Å²) >= 11 is 0. The number of nitrogens with one attached hydrogen (secondary N) is 1. The van der Waals surface area contributed by atoms with Crippen LogP contribution in [0.4, 0.5) is 0 Å². The molecule has 0 spiro atoms. The molecular formula is C40H54NO3PSi. The lowest BCUT2D eigenvalue weighted by atomic mass is 9.84. The third-order valence-corrected chi connectivity index (χ3v) is 19.7. The van der Waals surface area contributed by atoms with Crippen molar-refractivity contribution in [2.24, 2.45) is 17.3 Å². The summed E-state index contributed by atoms with van der Waals surface area (Å²) < 4.78 is 21.8.